The van der Waals surface area contributed by atoms with E-state index < -0.39 is 53.6 Å². The van der Waals surface area contributed by atoms with E-state index in [9.17, 15) is 50.4 Å². The Morgan fingerprint density at radius 3 is 2.18 bits per heavy atom. The summed E-state index contributed by atoms with van der Waals surface area (Å²) in [6, 6.07) is 4.95. The summed E-state index contributed by atoms with van der Waals surface area (Å²) >= 11 is 0. The van der Waals surface area contributed by atoms with Crippen LogP contribution < -0.4 is 10.2 Å². The average Bonchev–Trinajstić information content (AvgIpc) is 3.03. The maximum Gasteiger partial charge on any atom is 0.335 e. The van der Waals surface area contributed by atoms with Crippen molar-refractivity contribution in [3.63, 3.8) is 0 Å². The lowest BCUT2D eigenvalue weighted by atomic mass is 9.97. The standard InChI is InChI=1S/C36H42O13/c1-17(2)6-5-7-18(3)8-12-23-29(41)27-26(15-25(39)21(28(27)40)11-9-19(4)16-37)48-33(23)22-13-10-20(14-24(22)38)47-36-32(44)30(42)31(43)34(49-36)35(45)46/h6,8-10,13-15,30-32,34,36-40,42-44H,5,7,11-12,16H2,1-4H3,(H,45,46)/b18-8-,19-9+. The van der Waals surface area contributed by atoms with Crippen LogP contribution in [0.4, 0.5) is 0 Å². The summed E-state index contributed by atoms with van der Waals surface area (Å²) in [6.07, 6.45) is -2.12. The largest absolute Gasteiger partial charge is 0.507 e. The zero-order chi connectivity index (χ0) is 36.2. The average molecular weight is 683 g/mol. The van der Waals surface area contributed by atoms with Gasteiger partial charge in [0.25, 0.3) is 0 Å². The van der Waals surface area contributed by atoms with Crippen LogP contribution in [-0.4, -0.2) is 84.1 Å². The first-order chi connectivity index (χ1) is 23.1. The van der Waals surface area contributed by atoms with Crippen molar-refractivity contribution in [2.45, 2.75) is 84.1 Å². The molecule has 8 N–H and O–H groups in total. The van der Waals surface area contributed by atoms with E-state index in [4.69, 9.17) is 13.9 Å². The van der Waals surface area contributed by atoms with Crippen molar-refractivity contribution in [3.8, 4) is 34.3 Å². The first kappa shape index (κ1) is 37.2. The number of hydrogen-bond donors (Lipinski definition) is 8. The van der Waals surface area contributed by atoms with Gasteiger partial charge >= 0.3 is 5.97 Å². The van der Waals surface area contributed by atoms with Crippen molar-refractivity contribution in [2.24, 2.45) is 0 Å². The van der Waals surface area contributed by atoms with E-state index >= 15 is 0 Å². The molecule has 5 atom stereocenters. The molecule has 0 radical (unpaired) electrons. The van der Waals surface area contributed by atoms with E-state index in [2.05, 4.69) is 6.08 Å². The molecule has 0 spiro atoms. The maximum atomic E-state index is 14.1. The van der Waals surface area contributed by atoms with E-state index in [0.717, 1.165) is 24.5 Å². The molecular formula is C36H42O13. The number of ether oxygens (including phenoxy) is 2. The molecule has 2 aromatic carbocycles. The van der Waals surface area contributed by atoms with Crippen LogP contribution in [0.5, 0.6) is 23.0 Å². The first-order valence-corrected chi connectivity index (χ1v) is 15.7. The highest BCUT2D eigenvalue weighted by Gasteiger charge is 2.48. The third-order valence-electron chi connectivity index (χ3n) is 8.26. The van der Waals surface area contributed by atoms with E-state index in [1.165, 1.54) is 23.8 Å². The zero-order valence-corrected chi connectivity index (χ0v) is 27.6. The fraction of sp³-hybridized carbons (Fsp3) is 0.389. The summed E-state index contributed by atoms with van der Waals surface area (Å²) in [6.45, 7) is 7.37. The summed E-state index contributed by atoms with van der Waals surface area (Å²) in [4.78, 5) is 25.6. The van der Waals surface area contributed by atoms with E-state index in [1.54, 1.807) is 13.0 Å². The molecule has 0 aliphatic carbocycles. The zero-order valence-electron chi connectivity index (χ0n) is 27.6. The fourth-order valence-electron chi connectivity index (χ4n) is 5.37. The van der Waals surface area contributed by atoms with Crippen LogP contribution in [0.15, 0.2) is 68.4 Å². The molecule has 4 rings (SSSR count). The summed E-state index contributed by atoms with van der Waals surface area (Å²) in [5.74, 6) is -3.06. The Labute approximate surface area is 281 Å². The number of aliphatic hydroxyl groups excluding tert-OH is 4. The van der Waals surface area contributed by atoms with Gasteiger partial charge in [-0.3, -0.25) is 4.79 Å². The number of fused-ring (bicyclic) bond motifs is 1. The molecule has 1 saturated heterocycles. The Kier molecular flexibility index (Phi) is 11.9. The van der Waals surface area contributed by atoms with Crippen molar-refractivity contribution in [3.05, 3.63) is 80.6 Å². The number of aliphatic carboxylic acids is 1. The van der Waals surface area contributed by atoms with Crippen LogP contribution in [-0.2, 0) is 22.4 Å². The molecule has 2 heterocycles. The molecule has 264 valence electrons. The predicted molar refractivity (Wildman–Crippen MR) is 179 cm³/mol. The number of carbonyl (C=O) groups is 1. The van der Waals surface area contributed by atoms with E-state index in [0.29, 0.717) is 5.57 Å². The number of carboxylic acids is 1. The van der Waals surface area contributed by atoms with Gasteiger partial charge in [-0.25, -0.2) is 4.79 Å². The van der Waals surface area contributed by atoms with Gasteiger partial charge in [0.05, 0.1) is 12.2 Å². The Hall–Kier alpha value is -4.66. The molecule has 3 aromatic rings. The Morgan fingerprint density at radius 2 is 1.55 bits per heavy atom. The Balaban J connectivity index is 1.80. The van der Waals surface area contributed by atoms with Crippen LogP contribution in [0.3, 0.4) is 0 Å². The van der Waals surface area contributed by atoms with Crippen LogP contribution in [0, 0.1) is 0 Å². The minimum atomic E-state index is -1.92. The molecule has 0 amide bonds. The highest BCUT2D eigenvalue weighted by atomic mass is 16.7. The lowest BCUT2D eigenvalue weighted by molar-refractivity contribution is -0.271. The normalized spacial score (nSPS) is 21.5. The number of allylic oxidation sites excluding steroid dienone is 5. The molecular weight excluding hydrogens is 640 g/mol. The lowest BCUT2D eigenvalue weighted by Gasteiger charge is -2.38. The number of benzene rings is 2. The number of carboxylic acid groups (broad SMARTS) is 1. The van der Waals surface area contributed by atoms with Gasteiger partial charge in [-0.1, -0.05) is 34.9 Å². The van der Waals surface area contributed by atoms with Gasteiger partial charge in [-0.05, 0) is 65.5 Å². The molecule has 13 heteroatoms. The molecule has 0 bridgehead atoms. The summed E-state index contributed by atoms with van der Waals surface area (Å²) in [5.41, 5.74) is 2.20. The van der Waals surface area contributed by atoms with Crippen molar-refractivity contribution >= 4 is 16.9 Å². The minimum Gasteiger partial charge on any atom is -0.507 e. The lowest BCUT2D eigenvalue weighted by Crippen LogP contribution is -2.61. The summed E-state index contributed by atoms with van der Waals surface area (Å²) < 4.78 is 16.8. The summed E-state index contributed by atoms with van der Waals surface area (Å²) in [7, 11) is 0. The molecule has 1 aliphatic heterocycles. The third kappa shape index (κ3) is 8.32. The number of hydrogen-bond acceptors (Lipinski definition) is 12. The van der Waals surface area contributed by atoms with Crippen molar-refractivity contribution in [2.75, 3.05) is 6.61 Å². The Morgan fingerprint density at radius 1 is 0.878 bits per heavy atom. The smallest absolute Gasteiger partial charge is 0.335 e. The molecule has 1 aliphatic rings. The third-order valence-corrected chi connectivity index (χ3v) is 8.26. The van der Waals surface area contributed by atoms with Crippen LogP contribution in [0.2, 0.25) is 0 Å². The highest BCUT2D eigenvalue weighted by Crippen LogP contribution is 2.40. The van der Waals surface area contributed by atoms with E-state index in [-0.39, 0.29) is 64.4 Å². The van der Waals surface area contributed by atoms with Crippen LogP contribution in [0.25, 0.3) is 22.3 Å². The van der Waals surface area contributed by atoms with Gasteiger partial charge in [0, 0.05) is 23.3 Å². The van der Waals surface area contributed by atoms with Crippen molar-refractivity contribution < 1.29 is 59.5 Å². The minimum absolute atomic E-state index is 0.0325. The van der Waals surface area contributed by atoms with Gasteiger partial charge in [0.1, 0.15) is 58.0 Å². The Bertz CT molecular complexity index is 1850. The second-order valence-corrected chi connectivity index (χ2v) is 12.4. The van der Waals surface area contributed by atoms with Gasteiger partial charge in [0.15, 0.2) is 6.10 Å². The van der Waals surface area contributed by atoms with Crippen molar-refractivity contribution in [1.82, 2.24) is 0 Å². The van der Waals surface area contributed by atoms with Crippen molar-refractivity contribution in [1.29, 1.82) is 0 Å². The second kappa shape index (κ2) is 15.7. The molecule has 1 fully saturated rings. The topological polar surface area (TPSA) is 228 Å². The predicted octanol–water partition coefficient (Wildman–Crippen LogP) is 3.56. The molecule has 0 saturated carbocycles. The first-order valence-electron chi connectivity index (χ1n) is 15.7. The maximum absolute atomic E-state index is 14.1. The second-order valence-electron chi connectivity index (χ2n) is 12.4. The highest BCUT2D eigenvalue weighted by molar-refractivity contribution is 5.89. The van der Waals surface area contributed by atoms with Gasteiger partial charge in [0.2, 0.25) is 11.7 Å². The number of phenols is 3. The summed E-state index contributed by atoms with van der Waals surface area (Å²) in [5, 5.41) is 82.0. The van der Waals surface area contributed by atoms with Crippen LogP contribution in [0.1, 0.15) is 51.7 Å². The molecule has 13 nitrogen and oxygen atoms in total. The molecule has 5 unspecified atom stereocenters. The molecule has 49 heavy (non-hydrogen) atoms. The SMILES string of the molecule is CC(C)=CCC/C(C)=C\Cc1c(-c2ccc(OC3OC(C(=O)O)C(O)C(O)C3O)cc2O)oc2cc(O)c(C/C=C(\C)CO)c(O)c2c1=O. The number of aromatic hydroxyl groups is 3. The quantitative estimate of drug-likeness (QED) is 0.128. The number of rotatable bonds is 12. The van der Waals surface area contributed by atoms with E-state index in [1.807, 2.05) is 26.8 Å². The molecule has 1 aromatic heterocycles. The van der Waals surface area contributed by atoms with Crippen LogP contribution >= 0.6 is 0 Å². The number of aliphatic hydroxyl groups is 4. The van der Waals surface area contributed by atoms with Gasteiger partial charge in [-0.2, -0.15) is 0 Å². The van der Waals surface area contributed by atoms with Gasteiger partial charge < -0.3 is 54.7 Å². The monoisotopic (exact) mass is 682 g/mol. The fourth-order valence-corrected chi connectivity index (χ4v) is 5.37. The van der Waals surface area contributed by atoms with Gasteiger partial charge in [-0.15, -0.1) is 0 Å². The number of phenolic OH excluding ortho intramolecular Hbond substituents is 3.